The minimum Gasteiger partial charge on any atom is -0.353 e. The van der Waals surface area contributed by atoms with Gasteiger partial charge in [0.2, 0.25) is 11.8 Å². The van der Waals surface area contributed by atoms with Crippen LogP contribution in [0.15, 0.2) is 0 Å². The number of hydrogen-bond acceptors (Lipinski definition) is 2. The molecule has 1 rings (SSSR count). The summed E-state index contributed by atoms with van der Waals surface area (Å²) in [6, 6.07) is -1.97. The molecule has 0 radical (unpaired) electrons. The second-order valence-electron chi connectivity index (χ2n) is 7.41. The number of nitrogens with one attached hydrogen (secondary N) is 2. The monoisotopic (exact) mass is 418 g/mol. The van der Waals surface area contributed by atoms with E-state index in [4.69, 9.17) is 0 Å². The van der Waals surface area contributed by atoms with Crippen molar-refractivity contribution >= 4 is 11.8 Å². The van der Waals surface area contributed by atoms with Crippen molar-refractivity contribution in [2.24, 2.45) is 11.8 Å². The van der Waals surface area contributed by atoms with E-state index in [1.54, 1.807) is 13.8 Å². The summed E-state index contributed by atoms with van der Waals surface area (Å²) >= 11 is 0. The van der Waals surface area contributed by atoms with E-state index in [0.29, 0.717) is 25.7 Å². The van der Waals surface area contributed by atoms with Gasteiger partial charge in [0, 0.05) is 23.9 Å². The molecule has 2 unspecified atom stereocenters. The Labute approximate surface area is 160 Å². The van der Waals surface area contributed by atoms with E-state index in [-0.39, 0.29) is 12.8 Å². The van der Waals surface area contributed by atoms with Gasteiger partial charge in [-0.3, -0.25) is 9.59 Å². The normalized spacial score (nSPS) is 23.0. The summed E-state index contributed by atoms with van der Waals surface area (Å²) in [5, 5.41) is 4.84. The van der Waals surface area contributed by atoms with Gasteiger partial charge in [0.05, 0.1) is 12.8 Å². The van der Waals surface area contributed by atoms with E-state index in [1.165, 1.54) is 0 Å². The lowest BCUT2D eigenvalue weighted by Crippen LogP contribution is -2.44. The zero-order chi connectivity index (χ0) is 21.5. The zero-order valence-corrected chi connectivity index (χ0v) is 16.1. The molecular weight excluding hydrogens is 390 g/mol. The van der Waals surface area contributed by atoms with E-state index < -0.39 is 60.9 Å². The smallest absolute Gasteiger partial charge is 0.353 e. The predicted octanol–water partition coefficient (Wildman–Crippen LogP) is 4.49. The summed E-state index contributed by atoms with van der Waals surface area (Å²) in [6.45, 7) is 3.12. The van der Waals surface area contributed by atoms with Crippen molar-refractivity contribution in [2.45, 2.75) is 89.7 Å². The van der Waals surface area contributed by atoms with Crippen LogP contribution in [0, 0.1) is 11.8 Å². The van der Waals surface area contributed by atoms with Gasteiger partial charge in [-0.15, -0.1) is 0 Å². The van der Waals surface area contributed by atoms with Crippen LogP contribution < -0.4 is 10.6 Å². The maximum absolute atomic E-state index is 12.5. The number of alkyl halides is 6. The molecule has 10 heteroatoms. The Morgan fingerprint density at radius 3 is 1.25 bits per heavy atom. The molecule has 0 heterocycles. The average Bonchev–Trinajstić information content (AvgIpc) is 2.58. The van der Waals surface area contributed by atoms with Gasteiger partial charge in [-0.1, -0.05) is 13.8 Å². The van der Waals surface area contributed by atoms with Crippen molar-refractivity contribution in [1.29, 1.82) is 0 Å². The van der Waals surface area contributed by atoms with Crippen molar-refractivity contribution in [3.8, 4) is 0 Å². The second kappa shape index (κ2) is 10.3. The molecule has 0 aromatic rings. The molecular formula is C18H28F6N2O2. The molecule has 2 amide bonds. The molecule has 164 valence electrons. The van der Waals surface area contributed by atoms with Crippen LogP contribution in [0.25, 0.3) is 0 Å². The number of rotatable bonds is 8. The van der Waals surface area contributed by atoms with Gasteiger partial charge >= 0.3 is 12.4 Å². The van der Waals surface area contributed by atoms with Gasteiger partial charge in [0.25, 0.3) is 0 Å². The van der Waals surface area contributed by atoms with Crippen molar-refractivity contribution in [1.82, 2.24) is 10.6 Å². The van der Waals surface area contributed by atoms with E-state index in [9.17, 15) is 35.9 Å². The van der Waals surface area contributed by atoms with Crippen LogP contribution in [0.4, 0.5) is 26.3 Å². The maximum atomic E-state index is 12.5. The Hall–Kier alpha value is -1.48. The molecule has 1 saturated carbocycles. The Morgan fingerprint density at radius 1 is 0.750 bits per heavy atom. The summed E-state index contributed by atoms with van der Waals surface area (Å²) in [6.07, 6.45) is -9.32. The molecule has 4 nitrogen and oxygen atoms in total. The van der Waals surface area contributed by atoms with Crippen molar-refractivity contribution in [2.75, 3.05) is 0 Å². The van der Waals surface area contributed by atoms with Gasteiger partial charge in [-0.05, 0) is 38.5 Å². The first-order valence-corrected chi connectivity index (χ1v) is 9.58. The van der Waals surface area contributed by atoms with Gasteiger partial charge in [-0.25, -0.2) is 0 Å². The standard InChI is InChI=1S/C18H28F6N2O2/c1-3-13(9-17(19,20)21)25-15(27)11-5-7-12(8-6-11)16(28)26-14(4-2)10-18(22,23)24/h11-14H,3-10H2,1-2H3,(H,25,27)(H,26,28). The van der Waals surface area contributed by atoms with E-state index in [1.807, 2.05) is 0 Å². The molecule has 1 aliphatic rings. The van der Waals surface area contributed by atoms with E-state index in [0.717, 1.165) is 0 Å². The molecule has 2 atom stereocenters. The topological polar surface area (TPSA) is 58.2 Å². The highest BCUT2D eigenvalue weighted by atomic mass is 19.4. The van der Waals surface area contributed by atoms with E-state index in [2.05, 4.69) is 10.6 Å². The van der Waals surface area contributed by atoms with Crippen molar-refractivity contribution in [3.63, 3.8) is 0 Å². The fourth-order valence-electron chi connectivity index (χ4n) is 3.41. The van der Waals surface area contributed by atoms with Crippen LogP contribution in [0.3, 0.4) is 0 Å². The Balaban J connectivity index is 2.48. The Morgan fingerprint density at radius 2 is 1.04 bits per heavy atom. The SMILES string of the molecule is CCC(CC(F)(F)F)NC(=O)C1CCC(C(=O)NC(CC)CC(F)(F)F)CC1. The summed E-state index contributed by atoms with van der Waals surface area (Å²) in [5.74, 6) is -1.89. The highest BCUT2D eigenvalue weighted by molar-refractivity contribution is 5.81. The van der Waals surface area contributed by atoms with Crippen LogP contribution in [0.2, 0.25) is 0 Å². The van der Waals surface area contributed by atoms with Crippen LogP contribution >= 0.6 is 0 Å². The lowest BCUT2D eigenvalue weighted by Gasteiger charge is -2.30. The summed E-state index contributed by atoms with van der Waals surface area (Å²) in [4.78, 5) is 24.4. The highest BCUT2D eigenvalue weighted by Gasteiger charge is 2.36. The van der Waals surface area contributed by atoms with Gasteiger partial charge in [0.15, 0.2) is 0 Å². The molecule has 0 bridgehead atoms. The molecule has 2 N–H and O–H groups in total. The molecule has 0 saturated heterocycles. The lowest BCUT2D eigenvalue weighted by molar-refractivity contribution is -0.146. The van der Waals surface area contributed by atoms with E-state index >= 15 is 0 Å². The predicted molar refractivity (Wildman–Crippen MR) is 91.2 cm³/mol. The first kappa shape index (κ1) is 24.6. The second-order valence-corrected chi connectivity index (χ2v) is 7.41. The fourth-order valence-corrected chi connectivity index (χ4v) is 3.41. The van der Waals surface area contributed by atoms with Gasteiger partial charge < -0.3 is 10.6 Å². The van der Waals surface area contributed by atoms with Crippen LogP contribution in [-0.2, 0) is 9.59 Å². The summed E-state index contributed by atoms with van der Waals surface area (Å²) in [7, 11) is 0. The Bertz CT molecular complexity index is 467. The van der Waals surface area contributed by atoms with Gasteiger partial charge in [-0.2, -0.15) is 26.3 Å². The number of hydrogen-bond donors (Lipinski definition) is 2. The average molecular weight is 418 g/mol. The first-order chi connectivity index (χ1) is 12.8. The molecule has 28 heavy (non-hydrogen) atoms. The van der Waals surface area contributed by atoms with Crippen molar-refractivity contribution in [3.05, 3.63) is 0 Å². The lowest BCUT2D eigenvalue weighted by atomic mass is 9.81. The first-order valence-electron chi connectivity index (χ1n) is 9.58. The van der Waals surface area contributed by atoms with Crippen LogP contribution in [0.1, 0.15) is 65.2 Å². The quantitative estimate of drug-likeness (QED) is 0.571. The van der Waals surface area contributed by atoms with Gasteiger partial charge in [0.1, 0.15) is 0 Å². The number of halogens is 6. The molecule has 0 aliphatic heterocycles. The van der Waals surface area contributed by atoms with Crippen molar-refractivity contribution < 1.29 is 35.9 Å². The largest absolute Gasteiger partial charge is 0.391 e. The minimum atomic E-state index is -4.37. The molecule has 0 spiro atoms. The van der Waals surface area contributed by atoms with Crippen LogP contribution in [-0.4, -0.2) is 36.3 Å². The molecule has 1 fully saturated rings. The third kappa shape index (κ3) is 9.14. The Kier molecular flexibility index (Phi) is 9.07. The molecule has 0 aromatic carbocycles. The van der Waals surface area contributed by atoms with Crippen LogP contribution in [0.5, 0.6) is 0 Å². The molecule has 1 aliphatic carbocycles. The highest BCUT2D eigenvalue weighted by Crippen LogP contribution is 2.31. The number of amides is 2. The summed E-state index contributed by atoms with van der Waals surface area (Å²) in [5.41, 5.74) is 0. The zero-order valence-electron chi connectivity index (χ0n) is 16.1. The summed E-state index contributed by atoms with van der Waals surface area (Å²) < 4.78 is 75.0. The maximum Gasteiger partial charge on any atom is 0.391 e. The molecule has 0 aromatic heterocycles. The number of carbonyl (C=O) groups excluding carboxylic acids is 2. The minimum absolute atomic E-state index is 0.153. The fraction of sp³-hybridized carbons (Fsp3) is 0.889. The third-order valence-electron chi connectivity index (χ3n) is 5.10. The number of carbonyl (C=O) groups is 2. The third-order valence-corrected chi connectivity index (χ3v) is 5.10.